The van der Waals surface area contributed by atoms with Crippen LogP contribution in [-0.4, -0.2) is 36.3 Å². The number of rotatable bonds is 8. The van der Waals surface area contributed by atoms with Gasteiger partial charge in [0.2, 0.25) is 6.39 Å². The first kappa shape index (κ1) is 17.3. The topological polar surface area (TPSA) is 90.8 Å². The van der Waals surface area contributed by atoms with E-state index in [9.17, 15) is 15.0 Å². The van der Waals surface area contributed by atoms with Crippen LogP contribution in [0.1, 0.15) is 25.5 Å². The van der Waals surface area contributed by atoms with Crippen LogP contribution in [0.15, 0.2) is 42.5 Å². The van der Waals surface area contributed by atoms with Gasteiger partial charge in [0.15, 0.2) is 0 Å². The lowest BCUT2D eigenvalue weighted by Crippen LogP contribution is -2.32. The number of aliphatic hydroxyl groups excluding tert-OH is 1. The summed E-state index contributed by atoms with van der Waals surface area (Å²) in [6.07, 6.45) is -1.04. The maximum Gasteiger partial charge on any atom is 0.211 e. The van der Waals surface area contributed by atoms with Crippen LogP contribution in [0.3, 0.4) is 0 Å². The van der Waals surface area contributed by atoms with Gasteiger partial charge in [-0.1, -0.05) is 18.2 Å². The van der Waals surface area contributed by atoms with Gasteiger partial charge in [-0.25, -0.2) is 0 Å². The Morgan fingerprint density at radius 3 is 2.64 bits per heavy atom. The van der Waals surface area contributed by atoms with Gasteiger partial charge in [0.1, 0.15) is 12.9 Å². The van der Waals surface area contributed by atoms with Gasteiger partial charge < -0.3 is 25.6 Å². The number of methoxy groups -OCH3 is 1. The van der Waals surface area contributed by atoms with Crippen molar-refractivity contribution in [2.75, 3.05) is 19.0 Å². The highest BCUT2D eigenvalue weighted by atomic mass is 16.5. The van der Waals surface area contributed by atoms with Gasteiger partial charge in [-0.05, 0) is 48.7 Å². The number of anilines is 1. The molecule has 6 nitrogen and oxygen atoms in total. The minimum Gasteiger partial charge on any atom is -0.506 e. The predicted molar refractivity (Wildman–Crippen MR) is 96.9 cm³/mol. The van der Waals surface area contributed by atoms with Crippen LogP contribution >= 0.6 is 0 Å². The number of nitrogens with one attached hydrogen (secondary N) is 2. The van der Waals surface area contributed by atoms with Crippen molar-refractivity contribution in [1.82, 2.24) is 5.32 Å². The van der Waals surface area contributed by atoms with E-state index in [0.717, 1.165) is 17.7 Å². The zero-order valence-corrected chi connectivity index (χ0v) is 14.3. The minimum atomic E-state index is -1.03. The number of aliphatic hydroxyl groups is 1. The molecule has 0 saturated carbocycles. The number of hydrogen-bond acceptors (Lipinski definition) is 5. The number of ether oxygens (including phenoxy) is 1. The van der Waals surface area contributed by atoms with Crippen molar-refractivity contribution in [2.24, 2.45) is 0 Å². The van der Waals surface area contributed by atoms with E-state index in [4.69, 9.17) is 6.11 Å². The summed E-state index contributed by atoms with van der Waals surface area (Å²) in [6, 6.07) is 12.4. The molecule has 0 unspecified atom stereocenters. The van der Waals surface area contributed by atoms with E-state index in [0.29, 0.717) is 12.1 Å². The molecule has 0 heterocycles. The molecular formula is C19H24N2O4. The van der Waals surface area contributed by atoms with Gasteiger partial charge in [-0.2, -0.15) is 0 Å². The van der Waals surface area contributed by atoms with Crippen LogP contribution in [0.25, 0.3) is 0 Å². The van der Waals surface area contributed by atoms with Crippen molar-refractivity contribution in [3.8, 4) is 11.5 Å². The standard InChI is InChI=1S/C19H24N2O4/c1-13(9-14-3-6-16(25-2)7-4-14)20-11-19(24)15-5-8-18(23)17(10-15)21-12-22/h3-8,10,12-13,19-20,23-24H,9,11H2,1-2H3,(H,21,22)/t13-,19+/m1/s1/i12D. The molecule has 1 amide bonds. The van der Waals surface area contributed by atoms with E-state index in [-0.39, 0.29) is 17.5 Å². The Morgan fingerprint density at radius 1 is 1.28 bits per heavy atom. The first-order valence-electron chi connectivity index (χ1n) is 8.54. The molecule has 4 N–H and O–H groups in total. The van der Waals surface area contributed by atoms with Crippen LogP contribution in [0, 0.1) is 0 Å². The number of amides is 1. The maximum absolute atomic E-state index is 10.8. The molecule has 0 aromatic heterocycles. The molecule has 0 fully saturated rings. The van der Waals surface area contributed by atoms with E-state index in [1.807, 2.05) is 31.2 Å². The SMILES string of the molecule is [2H]C(=O)Nc1cc([C@@H](O)CN[C@H](C)Cc2ccc(OC)cc2)ccc1O. The van der Waals surface area contributed by atoms with Crippen molar-refractivity contribution in [1.29, 1.82) is 0 Å². The monoisotopic (exact) mass is 345 g/mol. The zero-order valence-electron chi connectivity index (χ0n) is 15.3. The Hall–Kier alpha value is -2.57. The van der Waals surface area contributed by atoms with Crippen LogP contribution < -0.4 is 15.4 Å². The summed E-state index contributed by atoms with van der Waals surface area (Å²) < 4.78 is 12.1. The minimum absolute atomic E-state index is 0.104. The number of aromatic hydroxyl groups is 1. The molecule has 6 heteroatoms. The number of carbonyl (C=O) groups is 1. The fourth-order valence-corrected chi connectivity index (χ4v) is 2.53. The lowest BCUT2D eigenvalue weighted by molar-refractivity contribution is -0.105. The Bertz CT molecular complexity index is 737. The summed E-state index contributed by atoms with van der Waals surface area (Å²) in [5.74, 6) is 0.662. The highest BCUT2D eigenvalue weighted by Crippen LogP contribution is 2.26. The molecule has 2 aromatic carbocycles. The van der Waals surface area contributed by atoms with Gasteiger partial charge in [0, 0.05) is 12.6 Å². The summed E-state index contributed by atoms with van der Waals surface area (Å²) in [6.45, 7) is 2.34. The van der Waals surface area contributed by atoms with E-state index in [2.05, 4.69) is 10.6 Å². The third-order valence-electron chi connectivity index (χ3n) is 3.95. The Kier molecular flexibility index (Phi) is 6.25. The Morgan fingerprint density at radius 2 is 2.00 bits per heavy atom. The normalized spacial score (nSPS) is 13.6. The molecule has 25 heavy (non-hydrogen) atoms. The summed E-state index contributed by atoms with van der Waals surface area (Å²) in [4.78, 5) is 10.8. The van der Waals surface area contributed by atoms with Gasteiger partial charge in [0.25, 0.3) is 0 Å². The lowest BCUT2D eigenvalue weighted by Gasteiger charge is -2.18. The molecule has 0 bridgehead atoms. The number of phenols is 1. The van der Waals surface area contributed by atoms with Gasteiger partial charge >= 0.3 is 0 Å². The average molecular weight is 345 g/mol. The first-order chi connectivity index (χ1) is 12.4. The van der Waals surface area contributed by atoms with E-state index < -0.39 is 12.5 Å². The average Bonchev–Trinajstić information content (AvgIpc) is 2.62. The van der Waals surface area contributed by atoms with Crippen LogP contribution in [-0.2, 0) is 11.2 Å². The van der Waals surface area contributed by atoms with E-state index >= 15 is 0 Å². The largest absolute Gasteiger partial charge is 0.506 e. The Balaban J connectivity index is 1.90. The van der Waals surface area contributed by atoms with Gasteiger partial charge in [0.05, 0.1) is 18.9 Å². The molecule has 2 rings (SSSR count). The molecule has 0 aliphatic rings. The number of phenolic OH excluding ortho intramolecular Hbond substituents is 1. The predicted octanol–water partition coefficient (Wildman–Crippen LogP) is 2.22. The molecule has 134 valence electrons. The summed E-state index contributed by atoms with van der Waals surface area (Å²) in [7, 11) is 1.63. The first-order valence-corrected chi connectivity index (χ1v) is 8.04. The van der Waals surface area contributed by atoms with Gasteiger partial charge in [-0.15, -0.1) is 0 Å². The zero-order chi connectivity index (χ0) is 19.1. The van der Waals surface area contributed by atoms with Crippen molar-refractivity contribution in [3.63, 3.8) is 0 Å². The second kappa shape index (κ2) is 9.05. The second-order valence-corrected chi connectivity index (χ2v) is 5.88. The molecule has 2 atom stereocenters. The molecule has 0 spiro atoms. The lowest BCUT2D eigenvalue weighted by atomic mass is 10.1. The fourth-order valence-electron chi connectivity index (χ4n) is 2.53. The smallest absolute Gasteiger partial charge is 0.211 e. The molecule has 0 saturated heterocycles. The summed E-state index contributed by atoms with van der Waals surface area (Å²) in [5.41, 5.74) is 1.80. The quantitative estimate of drug-likeness (QED) is 0.435. The van der Waals surface area contributed by atoms with Gasteiger partial charge in [-0.3, -0.25) is 4.79 Å². The molecule has 0 aliphatic heterocycles. The van der Waals surface area contributed by atoms with Crippen LogP contribution in [0.2, 0.25) is 0 Å². The molecule has 2 aromatic rings. The number of hydrogen-bond donors (Lipinski definition) is 4. The fraction of sp³-hybridized carbons (Fsp3) is 0.316. The highest BCUT2D eigenvalue weighted by molar-refractivity contribution is 5.75. The Labute approximate surface area is 148 Å². The molecular weight excluding hydrogens is 320 g/mol. The second-order valence-electron chi connectivity index (χ2n) is 5.88. The molecule has 0 radical (unpaired) electrons. The summed E-state index contributed by atoms with van der Waals surface area (Å²) >= 11 is 0. The van der Waals surface area contributed by atoms with E-state index in [1.54, 1.807) is 13.2 Å². The summed E-state index contributed by atoms with van der Waals surface area (Å²) in [5, 5.41) is 25.5. The van der Waals surface area contributed by atoms with Crippen molar-refractivity contribution in [2.45, 2.75) is 25.5 Å². The molecule has 0 aliphatic carbocycles. The maximum atomic E-state index is 10.8. The van der Waals surface area contributed by atoms with Crippen LogP contribution in [0.4, 0.5) is 5.69 Å². The number of carbonyl (C=O) groups excluding carboxylic acids is 1. The van der Waals surface area contributed by atoms with E-state index in [1.165, 1.54) is 12.1 Å². The van der Waals surface area contributed by atoms with Crippen molar-refractivity contribution in [3.05, 3.63) is 53.6 Å². The highest BCUT2D eigenvalue weighted by Gasteiger charge is 2.12. The third-order valence-corrected chi connectivity index (χ3v) is 3.95. The van der Waals surface area contributed by atoms with Crippen molar-refractivity contribution >= 4 is 12.1 Å². The third kappa shape index (κ3) is 5.48. The van der Waals surface area contributed by atoms with Crippen LogP contribution in [0.5, 0.6) is 11.5 Å². The van der Waals surface area contributed by atoms with Crippen molar-refractivity contribution < 1.29 is 21.1 Å². The number of benzene rings is 2.